The van der Waals surface area contributed by atoms with Gasteiger partial charge in [0, 0.05) is 18.5 Å². The first kappa shape index (κ1) is 23.2. The molecular weight excluding hydrogens is 441 g/mol. The van der Waals surface area contributed by atoms with Crippen LogP contribution in [0.1, 0.15) is 84.4 Å². The summed E-state index contributed by atoms with van der Waals surface area (Å²) in [4.78, 5) is 8.74. The molecule has 0 radical (unpaired) electrons. The van der Waals surface area contributed by atoms with Crippen LogP contribution in [0.2, 0.25) is 0 Å². The van der Waals surface area contributed by atoms with Gasteiger partial charge in [0.2, 0.25) is 5.89 Å². The van der Waals surface area contributed by atoms with Crippen LogP contribution < -0.4 is 10.6 Å². The Labute approximate surface area is 175 Å². The van der Waals surface area contributed by atoms with Crippen molar-refractivity contribution in [2.75, 3.05) is 7.05 Å². The van der Waals surface area contributed by atoms with Gasteiger partial charge in [0.1, 0.15) is 0 Å². The van der Waals surface area contributed by atoms with E-state index >= 15 is 0 Å². The SMILES string of the molecule is CN=C(NCc1noc(C(C)(C)C)n1)NC(C)CCC1CCCCC1.I. The van der Waals surface area contributed by atoms with E-state index in [0.29, 0.717) is 24.3 Å². The van der Waals surface area contributed by atoms with Crippen LogP contribution in [0, 0.1) is 5.92 Å². The van der Waals surface area contributed by atoms with Crippen molar-refractivity contribution in [3.8, 4) is 0 Å². The van der Waals surface area contributed by atoms with Crippen LogP contribution in [-0.4, -0.2) is 29.2 Å². The molecule has 1 heterocycles. The Morgan fingerprint density at radius 1 is 1.27 bits per heavy atom. The molecule has 0 spiro atoms. The van der Waals surface area contributed by atoms with E-state index in [0.717, 1.165) is 11.9 Å². The molecule has 150 valence electrons. The maximum Gasteiger partial charge on any atom is 0.232 e. The fraction of sp³-hybridized carbons (Fsp3) is 0.842. The van der Waals surface area contributed by atoms with Gasteiger partial charge in [0.05, 0.1) is 6.54 Å². The van der Waals surface area contributed by atoms with E-state index in [1.165, 1.54) is 44.9 Å². The predicted molar refractivity (Wildman–Crippen MR) is 117 cm³/mol. The summed E-state index contributed by atoms with van der Waals surface area (Å²) in [6, 6.07) is 0.406. The summed E-state index contributed by atoms with van der Waals surface area (Å²) in [6.07, 6.45) is 9.57. The Bertz CT molecular complexity index is 546. The number of nitrogens with one attached hydrogen (secondary N) is 2. The van der Waals surface area contributed by atoms with Gasteiger partial charge in [-0.25, -0.2) is 0 Å². The highest BCUT2D eigenvalue weighted by Crippen LogP contribution is 2.27. The molecule has 0 bridgehead atoms. The average Bonchev–Trinajstić information content (AvgIpc) is 3.07. The molecule has 2 rings (SSSR count). The molecular formula is C19H36IN5O. The number of halogens is 1. The van der Waals surface area contributed by atoms with Gasteiger partial charge in [-0.05, 0) is 25.7 Å². The van der Waals surface area contributed by atoms with E-state index in [9.17, 15) is 0 Å². The summed E-state index contributed by atoms with van der Waals surface area (Å²) < 4.78 is 5.32. The Hall–Kier alpha value is -0.860. The third-order valence-electron chi connectivity index (χ3n) is 4.86. The fourth-order valence-electron chi connectivity index (χ4n) is 3.25. The van der Waals surface area contributed by atoms with E-state index in [1.54, 1.807) is 7.05 Å². The van der Waals surface area contributed by atoms with Crippen molar-refractivity contribution in [2.24, 2.45) is 10.9 Å². The average molecular weight is 477 g/mol. The van der Waals surface area contributed by atoms with Gasteiger partial charge in [-0.1, -0.05) is 58.0 Å². The Balaban J connectivity index is 0.00000338. The van der Waals surface area contributed by atoms with Crippen LogP contribution in [0.25, 0.3) is 0 Å². The number of guanidine groups is 1. The van der Waals surface area contributed by atoms with Gasteiger partial charge in [-0.2, -0.15) is 4.98 Å². The van der Waals surface area contributed by atoms with Crippen LogP contribution in [0.5, 0.6) is 0 Å². The Morgan fingerprint density at radius 3 is 2.54 bits per heavy atom. The summed E-state index contributed by atoms with van der Waals surface area (Å²) in [5.74, 6) is 3.03. The maximum atomic E-state index is 5.32. The van der Waals surface area contributed by atoms with Crippen LogP contribution in [-0.2, 0) is 12.0 Å². The van der Waals surface area contributed by atoms with Gasteiger partial charge < -0.3 is 15.2 Å². The first-order chi connectivity index (χ1) is 11.9. The summed E-state index contributed by atoms with van der Waals surface area (Å²) in [6.45, 7) is 8.92. The molecule has 0 saturated heterocycles. The first-order valence-corrected chi connectivity index (χ1v) is 9.68. The van der Waals surface area contributed by atoms with Crippen molar-refractivity contribution in [2.45, 2.75) is 90.6 Å². The molecule has 1 aliphatic rings. The molecule has 1 aliphatic carbocycles. The minimum Gasteiger partial charge on any atom is -0.354 e. The molecule has 26 heavy (non-hydrogen) atoms. The summed E-state index contributed by atoms with van der Waals surface area (Å²) in [7, 11) is 1.79. The molecule has 1 atom stereocenters. The number of aromatic nitrogens is 2. The molecule has 1 aromatic rings. The van der Waals surface area contributed by atoms with Crippen LogP contribution in [0.3, 0.4) is 0 Å². The lowest BCUT2D eigenvalue weighted by Gasteiger charge is -2.24. The summed E-state index contributed by atoms with van der Waals surface area (Å²) >= 11 is 0. The summed E-state index contributed by atoms with van der Waals surface area (Å²) in [5.41, 5.74) is -0.126. The molecule has 1 saturated carbocycles. The van der Waals surface area contributed by atoms with Crippen molar-refractivity contribution >= 4 is 29.9 Å². The van der Waals surface area contributed by atoms with Gasteiger partial charge in [0.25, 0.3) is 0 Å². The molecule has 1 unspecified atom stereocenters. The molecule has 1 aromatic heterocycles. The molecule has 0 amide bonds. The highest BCUT2D eigenvalue weighted by molar-refractivity contribution is 14.0. The standard InChI is InChI=1S/C19H35N5O.HI/c1-14(11-12-15-9-7-6-8-10-15)22-18(20-5)21-13-16-23-17(25-24-16)19(2,3)4;/h14-15H,6-13H2,1-5H3,(H2,20,21,22);1H. The Kier molecular flexibility index (Phi) is 9.89. The zero-order valence-corrected chi connectivity index (χ0v) is 19.3. The number of hydrogen-bond donors (Lipinski definition) is 2. The van der Waals surface area contributed by atoms with E-state index in [4.69, 9.17) is 4.52 Å². The predicted octanol–water partition coefficient (Wildman–Crippen LogP) is 4.40. The minimum absolute atomic E-state index is 0. The smallest absolute Gasteiger partial charge is 0.232 e. The second kappa shape index (κ2) is 11.1. The Morgan fingerprint density at radius 2 is 1.96 bits per heavy atom. The third kappa shape index (κ3) is 7.80. The molecule has 6 nitrogen and oxygen atoms in total. The van der Waals surface area contributed by atoms with Crippen LogP contribution in [0.15, 0.2) is 9.52 Å². The number of aliphatic imine (C=N–C) groups is 1. The largest absolute Gasteiger partial charge is 0.354 e. The highest BCUT2D eigenvalue weighted by Gasteiger charge is 2.21. The topological polar surface area (TPSA) is 75.3 Å². The van der Waals surface area contributed by atoms with Crippen molar-refractivity contribution in [1.82, 2.24) is 20.8 Å². The number of nitrogens with zero attached hydrogens (tertiary/aromatic N) is 3. The zero-order chi connectivity index (χ0) is 18.3. The van der Waals surface area contributed by atoms with Gasteiger partial charge >= 0.3 is 0 Å². The molecule has 0 aromatic carbocycles. The minimum atomic E-state index is -0.126. The van der Waals surface area contributed by atoms with Crippen molar-refractivity contribution in [3.05, 3.63) is 11.7 Å². The normalized spacial score (nSPS) is 17.5. The van der Waals surface area contributed by atoms with Crippen molar-refractivity contribution in [3.63, 3.8) is 0 Å². The van der Waals surface area contributed by atoms with Crippen LogP contribution in [0.4, 0.5) is 0 Å². The lowest BCUT2D eigenvalue weighted by Crippen LogP contribution is -2.42. The zero-order valence-electron chi connectivity index (χ0n) is 17.0. The second-order valence-corrected chi connectivity index (χ2v) is 8.32. The molecule has 1 fully saturated rings. The van der Waals surface area contributed by atoms with Crippen molar-refractivity contribution < 1.29 is 4.52 Å². The van der Waals surface area contributed by atoms with Gasteiger partial charge in [0.15, 0.2) is 11.8 Å². The van der Waals surface area contributed by atoms with E-state index in [1.807, 2.05) is 0 Å². The fourth-order valence-corrected chi connectivity index (χ4v) is 3.25. The van der Waals surface area contributed by atoms with E-state index in [-0.39, 0.29) is 29.4 Å². The van der Waals surface area contributed by atoms with E-state index < -0.39 is 0 Å². The maximum absolute atomic E-state index is 5.32. The highest BCUT2D eigenvalue weighted by atomic mass is 127. The third-order valence-corrected chi connectivity index (χ3v) is 4.86. The molecule has 7 heteroatoms. The molecule has 0 aliphatic heterocycles. The number of hydrogen-bond acceptors (Lipinski definition) is 4. The lowest BCUT2D eigenvalue weighted by atomic mass is 9.85. The van der Waals surface area contributed by atoms with Gasteiger partial charge in [-0.15, -0.1) is 24.0 Å². The first-order valence-electron chi connectivity index (χ1n) is 9.68. The monoisotopic (exact) mass is 477 g/mol. The van der Waals surface area contributed by atoms with E-state index in [2.05, 4.69) is 53.5 Å². The van der Waals surface area contributed by atoms with Gasteiger partial charge in [-0.3, -0.25) is 4.99 Å². The van der Waals surface area contributed by atoms with Crippen molar-refractivity contribution in [1.29, 1.82) is 0 Å². The quantitative estimate of drug-likeness (QED) is 0.361. The van der Waals surface area contributed by atoms with Crippen LogP contribution >= 0.6 is 24.0 Å². The number of rotatable bonds is 6. The molecule has 2 N–H and O–H groups in total. The lowest BCUT2D eigenvalue weighted by molar-refractivity contribution is 0.318. The summed E-state index contributed by atoms with van der Waals surface area (Å²) in [5, 5.41) is 10.8. The second-order valence-electron chi connectivity index (χ2n) is 8.32.